The van der Waals surface area contributed by atoms with Crippen molar-refractivity contribution in [3.8, 4) is 0 Å². The highest BCUT2D eigenvalue weighted by Gasteiger charge is 2.30. The Hall–Kier alpha value is -0.900. The average molecular weight is 195 g/mol. The fourth-order valence-corrected chi connectivity index (χ4v) is 1.88. The summed E-state index contributed by atoms with van der Waals surface area (Å²) in [4.78, 5) is 0. The zero-order valence-corrected chi connectivity index (χ0v) is 8.97. The number of nitrogens with zero attached hydrogens (tertiary/aromatic N) is 3. The van der Waals surface area contributed by atoms with Crippen molar-refractivity contribution >= 4 is 0 Å². The first kappa shape index (κ1) is 9.65. The van der Waals surface area contributed by atoms with Crippen LogP contribution < -0.4 is 0 Å². The van der Waals surface area contributed by atoms with E-state index in [1.165, 1.54) is 0 Å². The van der Waals surface area contributed by atoms with Gasteiger partial charge in [0, 0.05) is 12.6 Å². The summed E-state index contributed by atoms with van der Waals surface area (Å²) in [5.41, 5.74) is 0. The van der Waals surface area contributed by atoms with Crippen LogP contribution >= 0.6 is 0 Å². The smallest absolute Gasteiger partial charge is 0.162 e. The molecule has 2 heterocycles. The first-order valence-corrected chi connectivity index (χ1v) is 5.21. The van der Waals surface area contributed by atoms with Crippen LogP contribution in [0.4, 0.5) is 0 Å². The molecule has 78 valence electrons. The fraction of sp³-hybridized carbons (Fsp3) is 0.800. The molecule has 4 nitrogen and oxygen atoms in total. The van der Waals surface area contributed by atoms with Gasteiger partial charge in [0.15, 0.2) is 5.82 Å². The van der Waals surface area contributed by atoms with Crippen LogP contribution in [0, 0.1) is 5.92 Å². The first-order valence-electron chi connectivity index (χ1n) is 5.21. The Kier molecular flexibility index (Phi) is 2.54. The molecule has 2 unspecified atom stereocenters. The van der Waals surface area contributed by atoms with Crippen molar-refractivity contribution in [1.29, 1.82) is 0 Å². The van der Waals surface area contributed by atoms with Crippen molar-refractivity contribution in [1.82, 2.24) is 14.8 Å². The molecule has 0 amide bonds. The zero-order valence-electron chi connectivity index (χ0n) is 8.97. The molecule has 0 aromatic carbocycles. The number of hydrogen-bond donors (Lipinski definition) is 0. The van der Waals surface area contributed by atoms with Crippen LogP contribution in [0.15, 0.2) is 6.33 Å². The van der Waals surface area contributed by atoms with Crippen LogP contribution in [0.5, 0.6) is 0 Å². The van der Waals surface area contributed by atoms with E-state index in [1.807, 2.05) is 0 Å². The fourth-order valence-electron chi connectivity index (χ4n) is 1.88. The zero-order chi connectivity index (χ0) is 10.1. The second-order valence-corrected chi connectivity index (χ2v) is 4.25. The maximum Gasteiger partial charge on any atom is 0.162 e. The molecule has 0 radical (unpaired) electrons. The van der Waals surface area contributed by atoms with E-state index in [0.717, 1.165) is 18.9 Å². The van der Waals surface area contributed by atoms with Gasteiger partial charge in [0.2, 0.25) is 0 Å². The Balaban J connectivity index is 2.26. The Morgan fingerprint density at radius 3 is 2.93 bits per heavy atom. The Bertz CT molecular complexity index is 308. The number of rotatable bonds is 2. The van der Waals surface area contributed by atoms with Crippen molar-refractivity contribution < 1.29 is 4.74 Å². The van der Waals surface area contributed by atoms with E-state index in [-0.39, 0.29) is 6.10 Å². The van der Waals surface area contributed by atoms with Gasteiger partial charge in [0.05, 0.1) is 0 Å². The highest BCUT2D eigenvalue weighted by molar-refractivity contribution is 4.97. The van der Waals surface area contributed by atoms with Crippen molar-refractivity contribution in [3.05, 3.63) is 12.2 Å². The average Bonchev–Trinajstić information content (AvgIpc) is 2.70. The quantitative estimate of drug-likeness (QED) is 0.724. The molecule has 1 saturated heterocycles. The Morgan fingerprint density at radius 1 is 1.57 bits per heavy atom. The summed E-state index contributed by atoms with van der Waals surface area (Å²) < 4.78 is 7.77. The predicted molar refractivity (Wildman–Crippen MR) is 52.9 cm³/mol. The molecule has 1 fully saturated rings. The van der Waals surface area contributed by atoms with E-state index < -0.39 is 0 Å². The van der Waals surface area contributed by atoms with E-state index in [4.69, 9.17) is 4.74 Å². The van der Waals surface area contributed by atoms with E-state index >= 15 is 0 Å². The molecule has 1 aromatic heterocycles. The largest absolute Gasteiger partial charge is 0.370 e. The summed E-state index contributed by atoms with van der Waals surface area (Å²) in [6.45, 7) is 7.31. The molecule has 0 N–H and O–H groups in total. The molecule has 0 aliphatic carbocycles. The van der Waals surface area contributed by atoms with Gasteiger partial charge in [-0.25, -0.2) is 0 Å². The number of hydrogen-bond acceptors (Lipinski definition) is 3. The number of aromatic nitrogens is 3. The molecule has 1 aromatic rings. The van der Waals surface area contributed by atoms with Crippen LogP contribution in [-0.2, 0) is 4.74 Å². The normalized spacial score (nSPS) is 27.4. The van der Waals surface area contributed by atoms with E-state index in [2.05, 4.69) is 35.5 Å². The van der Waals surface area contributed by atoms with Gasteiger partial charge < -0.3 is 9.30 Å². The number of ether oxygens (including phenoxy) is 1. The van der Waals surface area contributed by atoms with Crippen LogP contribution in [0.2, 0.25) is 0 Å². The van der Waals surface area contributed by atoms with Crippen molar-refractivity contribution in [2.45, 2.75) is 39.3 Å². The van der Waals surface area contributed by atoms with E-state index in [9.17, 15) is 0 Å². The van der Waals surface area contributed by atoms with Gasteiger partial charge in [-0.3, -0.25) is 0 Å². The highest BCUT2D eigenvalue weighted by atomic mass is 16.5. The van der Waals surface area contributed by atoms with Gasteiger partial charge in [0.25, 0.3) is 0 Å². The molecule has 1 aliphatic heterocycles. The van der Waals surface area contributed by atoms with E-state index in [0.29, 0.717) is 12.0 Å². The SMILES string of the molecule is CC1CCOC1c1nncn1C(C)C. The Morgan fingerprint density at radius 2 is 2.36 bits per heavy atom. The summed E-state index contributed by atoms with van der Waals surface area (Å²) in [6, 6.07) is 0.399. The third-order valence-electron chi connectivity index (χ3n) is 2.80. The lowest BCUT2D eigenvalue weighted by atomic mass is 10.0. The third kappa shape index (κ3) is 1.54. The topological polar surface area (TPSA) is 39.9 Å². The molecule has 0 saturated carbocycles. The summed E-state index contributed by atoms with van der Waals surface area (Å²) >= 11 is 0. The predicted octanol–water partition coefficient (Wildman–Crippen LogP) is 1.96. The molecule has 1 aliphatic rings. The maximum atomic E-state index is 5.68. The van der Waals surface area contributed by atoms with Crippen molar-refractivity contribution in [2.24, 2.45) is 5.92 Å². The maximum absolute atomic E-state index is 5.68. The third-order valence-corrected chi connectivity index (χ3v) is 2.80. The molecule has 0 bridgehead atoms. The highest BCUT2D eigenvalue weighted by Crippen LogP contribution is 2.33. The summed E-state index contributed by atoms with van der Waals surface area (Å²) in [5, 5.41) is 8.11. The Labute approximate surface area is 84.3 Å². The second kappa shape index (κ2) is 3.69. The minimum atomic E-state index is 0.139. The van der Waals surface area contributed by atoms with Crippen molar-refractivity contribution in [2.75, 3.05) is 6.61 Å². The van der Waals surface area contributed by atoms with Crippen LogP contribution in [0.1, 0.15) is 45.2 Å². The van der Waals surface area contributed by atoms with Gasteiger partial charge in [0.1, 0.15) is 12.4 Å². The molecule has 4 heteroatoms. The lowest BCUT2D eigenvalue weighted by molar-refractivity contribution is 0.0830. The molecule has 2 atom stereocenters. The molecule has 14 heavy (non-hydrogen) atoms. The second-order valence-electron chi connectivity index (χ2n) is 4.25. The molecule has 2 rings (SSSR count). The van der Waals surface area contributed by atoms with Gasteiger partial charge in [-0.05, 0) is 26.2 Å². The molecule has 0 spiro atoms. The van der Waals surface area contributed by atoms with E-state index in [1.54, 1.807) is 6.33 Å². The molecular formula is C10H17N3O. The first-order chi connectivity index (χ1) is 6.70. The van der Waals surface area contributed by atoms with Gasteiger partial charge in [-0.1, -0.05) is 6.92 Å². The summed E-state index contributed by atoms with van der Waals surface area (Å²) in [7, 11) is 0. The minimum Gasteiger partial charge on any atom is -0.370 e. The van der Waals surface area contributed by atoms with Crippen molar-refractivity contribution in [3.63, 3.8) is 0 Å². The minimum absolute atomic E-state index is 0.139. The molecular weight excluding hydrogens is 178 g/mol. The lowest BCUT2D eigenvalue weighted by Gasteiger charge is -2.17. The van der Waals surface area contributed by atoms with Gasteiger partial charge in [-0.15, -0.1) is 10.2 Å². The van der Waals surface area contributed by atoms with Crippen LogP contribution in [-0.4, -0.2) is 21.4 Å². The van der Waals surface area contributed by atoms with Crippen LogP contribution in [0.3, 0.4) is 0 Å². The van der Waals surface area contributed by atoms with Gasteiger partial charge in [-0.2, -0.15) is 0 Å². The lowest BCUT2D eigenvalue weighted by Crippen LogP contribution is -2.13. The summed E-state index contributed by atoms with van der Waals surface area (Å²) in [6.07, 6.45) is 3.05. The summed E-state index contributed by atoms with van der Waals surface area (Å²) in [5.74, 6) is 1.53. The van der Waals surface area contributed by atoms with Crippen LogP contribution in [0.25, 0.3) is 0 Å². The standard InChI is InChI=1S/C10H17N3O/c1-7(2)13-6-11-12-10(13)9-8(3)4-5-14-9/h6-9H,4-5H2,1-3H3. The monoisotopic (exact) mass is 195 g/mol. The van der Waals surface area contributed by atoms with Gasteiger partial charge >= 0.3 is 0 Å².